The van der Waals surface area contributed by atoms with Crippen molar-refractivity contribution in [3.05, 3.63) is 38.9 Å². The Morgan fingerprint density at radius 3 is 2.71 bits per heavy atom. The van der Waals surface area contributed by atoms with Crippen LogP contribution in [0.2, 0.25) is 5.02 Å². The molecule has 112 valence electrons. The number of carboxylic acids is 1. The fraction of sp³-hybridized carbons (Fsp3) is 0.385. The Bertz CT molecular complexity index is 604. The normalized spacial score (nSPS) is 18.3. The van der Waals surface area contributed by atoms with E-state index in [9.17, 15) is 24.8 Å². The number of halogens is 1. The first kappa shape index (κ1) is 15.2. The van der Waals surface area contributed by atoms with Crippen LogP contribution in [-0.2, 0) is 4.79 Å². The smallest absolute Gasteiger partial charge is 0.326 e. The van der Waals surface area contributed by atoms with Crippen LogP contribution in [0, 0.1) is 10.1 Å². The Morgan fingerprint density at radius 2 is 2.10 bits per heavy atom. The molecular weight excluding hydrogens is 300 g/mol. The van der Waals surface area contributed by atoms with Gasteiger partial charge < -0.3 is 10.0 Å². The number of nitrogens with zero attached hydrogens (tertiary/aromatic N) is 2. The summed E-state index contributed by atoms with van der Waals surface area (Å²) in [5, 5.41) is 19.8. The van der Waals surface area contributed by atoms with Gasteiger partial charge in [0.25, 0.3) is 11.6 Å². The number of nitro groups is 1. The molecule has 0 bridgehead atoms. The molecule has 1 N–H and O–H groups in total. The van der Waals surface area contributed by atoms with Gasteiger partial charge in [-0.25, -0.2) is 4.79 Å². The largest absolute Gasteiger partial charge is 0.480 e. The monoisotopic (exact) mass is 312 g/mol. The summed E-state index contributed by atoms with van der Waals surface area (Å²) in [6, 6.07) is 3.01. The zero-order valence-electron chi connectivity index (χ0n) is 11.0. The number of hydrogen-bond acceptors (Lipinski definition) is 4. The summed E-state index contributed by atoms with van der Waals surface area (Å²) in [4.78, 5) is 35.1. The van der Waals surface area contributed by atoms with Gasteiger partial charge in [0.05, 0.1) is 10.5 Å². The molecule has 1 saturated heterocycles. The summed E-state index contributed by atoms with van der Waals surface area (Å²) in [6.07, 6.45) is 1.79. The van der Waals surface area contributed by atoms with Crippen LogP contribution in [0.25, 0.3) is 0 Å². The molecule has 8 heteroatoms. The molecule has 1 heterocycles. The molecule has 1 aromatic rings. The first-order valence-corrected chi connectivity index (χ1v) is 6.78. The molecule has 0 aromatic heterocycles. The number of rotatable bonds is 3. The molecule has 1 aromatic carbocycles. The van der Waals surface area contributed by atoms with Gasteiger partial charge in [-0.3, -0.25) is 14.9 Å². The number of hydrogen-bond donors (Lipinski definition) is 1. The molecule has 21 heavy (non-hydrogen) atoms. The van der Waals surface area contributed by atoms with Crippen molar-refractivity contribution < 1.29 is 19.6 Å². The van der Waals surface area contributed by atoms with E-state index in [-0.39, 0.29) is 16.3 Å². The van der Waals surface area contributed by atoms with Crippen LogP contribution < -0.4 is 0 Å². The van der Waals surface area contributed by atoms with Gasteiger partial charge in [-0.2, -0.15) is 0 Å². The van der Waals surface area contributed by atoms with Crippen molar-refractivity contribution in [1.82, 2.24) is 4.90 Å². The van der Waals surface area contributed by atoms with Crippen LogP contribution in [0.3, 0.4) is 0 Å². The van der Waals surface area contributed by atoms with E-state index in [1.54, 1.807) is 0 Å². The molecule has 0 radical (unpaired) electrons. The summed E-state index contributed by atoms with van der Waals surface area (Å²) < 4.78 is 0. The van der Waals surface area contributed by atoms with Crippen LogP contribution in [0.15, 0.2) is 18.2 Å². The summed E-state index contributed by atoms with van der Waals surface area (Å²) in [7, 11) is 0. The maximum Gasteiger partial charge on any atom is 0.326 e. The summed E-state index contributed by atoms with van der Waals surface area (Å²) in [5.41, 5.74) is -0.412. The number of carbonyl (C=O) groups excluding carboxylic acids is 1. The first-order chi connectivity index (χ1) is 9.93. The van der Waals surface area contributed by atoms with Crippen LogP contribution in [0.4, 0.5) is 5.69 Å². The molecule has 0 unspecified atom stereocenters. The van der Waals surface area contributed by atoms with Gasteiger partial charge >= 0.3 is 5.97 Å². The lowest BCUT2D eigenvalue weighted by Crippen LogP contribution is -2.48. The molecule has 1 aliphatic heterocycles. The summed E-state index contributed by atoms with van der Waals surface area (Å²) in [6.45, 7) is 0.300. The Labute approximate surface area is 125 Å². The third-order valence-electron chi connectivity index (χ3n) is 3.45. The van der Waals surface area contributed by atoms with Crippen LogP contribution in [0.1, 0.15) is 29.6 Å². The molecule has 0 spiro atoms. The predicted molar refractivity (Wildman–Crippen MR) is 74.4 cm³/mol. The van der Waals surface area contributed by atoms with E-state index in [4.69, 9.17) is 11.6 Å². The van der Waals surface area contributed by atoms with Crippen molar-refractivity contribution in [2.75, 3.05) is 6.54 Å². The molecule has 7 nitrogen and oxygen atoms in total. The van der Waals surface area contributed by atoms with Gasteiger partial charge in [-0.1, -0.05) is 17.7 Å². The van der Waals surface area contributed by atoms with Crippen molar-refractivity contribution >= 4 is 29.2 Å². The van der Waals surface area contributed by atoms with E-state index >= 15 is 0 Å². The highest BCUT2D eigenvalue weighted by molar-refractivity contribution is 6.35. The van der Waals surface area contributed by atoms with Gasteiger partial charge in [-0.15, -0.1) is 0 Å². The standard InChI is InChI=1S/C13H13ClN2O5/c14-11-8(4-3-6-9(11)16(20)21)12(17)15-7-2-1-5-10(15)13(18)19/h3-4,6,10H,1-2,5,7H2,(H,18,19)/t10-/m1/s1. The molecule has 0 aliphatic carbocycles. The Balaban J connectivity index is 2.37. The van der Waals surface area contributed by atoms with Gasteiger partial charge in [-0.05, 0) is 25.3 Å². The van der Waals surface area contributed by atoms with E-state index in [2.05, 4.69) is 0 Å². The minimum absolute atomic E-state index is 0.0426. The van der Waals surface area contributed by atoms with E-state index in [0.717, 1.165) is 6.42 Å². The summed E-state index contributed by atoms with van der Waals surface area (Å²) in [5.74, 6) is -1.67. The molecule has 1 amide bonds. The molecule has 2 rings (SSSR count). The fourth-order valence-corrected chi connectivity index (χ4v) is 2.69. The van der Waals surface area contributed by atoms with E-state index in [1.807, 2.05) is 0 Å². The fourth-order valence-electron chi connectivity index (χ4n) is 2.41. The quantitative estimate of drug-likeness (QED) is 0.682. The van der Waals surface area contributed by atoms with Crippen molar-refractivity contribution in [3.8, 4) is 0 Å². The highest BCUT2D eigenvalue weighted by atomic mass is 35.5. The number of piperidine rings is 1. The lowest BCUT2D eigenvalue weighted by molar-refractivity contribution is -0.384. The number of aliphatic carboxylic acids is 1. The molecular formula is C13H13ClN2O5. The second-order valence-corrected chi connectivity index (χ2v) is 5.12. The molecule has 1 atom stereocenters. The topological polar surface area (TPSA) is 101 Å². The number of likely N-dealkylation sites (tertiary alicyclic amines) is 1. The number of carboxylic acid groups (broad SMARTS) is 1. The van der Waals surface area contributed by atoms with Crippen molar-refractivity contribution in [2.24, 2.45) is 0 Å². The second-order valence-electron chi connectivity index (χ2n) is 4.74. The molecule has 1 fully saturated rings. The number of amides is 1. The van der Waals surface area contributed by atoms with Gasteiger partial charge in [0.1, 0.15) is 11.1 Å². The summed E-state index contributed by atoms with van der Waals surface area (Å²) >= 11 is 5.91. The van der Waals surface area contributed by atoms with E-state index in [0.29, 0.717) is 19.4 Å². The Morgan fingerprint density at radius 1 is 1.38 bits per heavy atom. The minimum Gasteiger partial charge on any atom is -0.480 e. The number of benzene rings is 1. The van der Waals surface area contributed by atoms with Crippen molar-refractivity contribution in [1.29, 1.82) is 0 Å². The van der Waals surface area contributed by atoms with E-state index in [1.165, 1.54) is 23.1 Å². The average molecular weight is 313 g/mol. The van der Waals surface area contributed by atoms with Gasteiger partial charge in [0.2, 0.25) is 0 Å². The predicted octanol–water partition coefficient (Wildman–Crippen LogP) is 2.33. The Hall–Kier alpha value is -2.15. The lowest BCUT2D eigenvalue weighted by atomic mass is 10.0. The second kappa shape index (κ2) is 6.09. The highest BCUT2D eigenvalue weighted by Crippen LogP contribution is 2.30. The zero-order valence-corrected chi connectivity index (χ0v) is 11.7. The lowest BCUT2D eigenvalue weighted by Gasteiger charge is -2.33. The van der Waals surface area contributed by atoms with Crippen LogP contribution >= 0.6 is 11.6 Å². The molecule has 0 saturated carbocycles. The average Bonchev–Trinajstić information content (AvgIpc) is 2.46. The highest BCUT2D eigenvalue weighted by Gasteiger charge is 2.34. The van der Waals surface area contributed by atoms with Gasteiger partial charge in [0.15, 0.2) is 0 Å². The third-order valence-corrected chi connectivity index (χ3v) is 3.85. The maximum absolute atomic E-state index is 12.5. The first-order valence-electron chi connectivity index (χ1n) is 6.40. The van der Waals surface area contributed by atoms with Crippen molar-refractivity contribution in [2.45, 2.75) is 25.3 Å². The zero-order chi connectivity index (χ0) is 15.6. The van der Waals surface area contributed by atoms with Crippen LogP contribution in [-0.4, -0.2) is 39.4 Å². The molecule has 1 aliphatic rings. The Kier molecular flexibility index (Phi) is 4.42. The number of carbonyl (C=O) groups is 2. The number of nitro benzene ring substituents is 1. The third kappa shape index (κ3) is 2.97. The van der Waals surface area contributed by atoms with E-state index < -0.39 is 22.8 Å². The van der Waals surface area contributed by atoms with Gasteiger partial charge in [0, 0.05) is 12.6 Å². The van der Waals surface area contributed by atoms with Crippen molar-refractivity contribution in [3.63, 3.8) is 0 Å². The van der Waals surface area contributed by atoms with Crippen LogP contribution in [0.5, 0.6) is 0 Å². The minimum atomic E-state index is -1.08. The SMILES string of the molecule is O=C(O)[C@H]1CCCCN1C(=O)c1cccc([N+](=O)[O-])c1Cl. The maximum atomic E-state index is 12.5.